The first-order chi connectivity index (χ1) is 10.0. The number of benzene rings is 2. The van der Waals surface area contributed by atoms with Crippen LogP contribution in [0.2, 0.25) is 0 Å². The van der Waals surface area contributed by atoms with Gasteiger partial charge in [-0.1, -0.05) is 42.5 Å². The van der Waals surface area contributed by atoms with E-state index in [0.29, 0.717) is 6.54 Å². The van der Waals surface area contributed by atoms with Crippen LogP contribution >= 0.6 is 0 Å². The Hall–Kier alpha value is -1.64. The first kappa shape index (κ1) is 15.7. The first-order valence-electron chi connectivity index (χ1n) is 7.55. The Bertz CT molecular complexity index is 604. The second-order valence-electron chi connectivity index (χ2n) is 5.94. The van der Waals surface area contributed by atoms with Crippen molar-refractivity contribution >= 4 is 0 Å². The molecule has 0 bridgehead atoms. The molecular formula is C19H26N2. The third kappa shape index (κ3) is 3.72. The fourth-order valence-electron chi connectivity index (χ4n) is 2.71. The molecule has 2 aromatic carbocycles. The summed E-state index contributed by atoms with van der Waals surface area (Å²) in [6.07, 6.45) is 0. The van der Waals surface area contributed by atoms with E-state index in [1.54, 1.807) is 0 Å². The largest absolute Gasteiger partial charge is 0.329 e. The summed E-state index contributed by atoms with van der Waals surface area (Å²) < 4.78 is 0. The summed E-state index contributed by atoms with van der Waals surface area (Å²) in [7, 11) is 2.15. The van der Waals surface area contributed by atoms with E-state index in [-0.39, 0.29) is 6.04 Å². The van der Waals surface area contributed by atoms with E-state index in [1.807, 2.05) is 0 Å². The van der Waals surface area contributed by atoms with Gasteiger partial charge >= 0.3 is 0 Å². The molecule has 21 heavy (non-hydrogen) atoms. The van der Waals surface area contributed by atoms with Crippen molar-refractivity contribution in [2.45, 2.75) is 33.4 Å². The summed E-state index contributed by atoms with van der Waals surface area (Å²) in [4.78, 5) is 2.34. The average molecular weight is 282 g/mol. The predicted molar refractivity (Wildman–Crippen MR) is 90.4 cm³/mol. The molecule has 0 heterocycles. The number of rotatable bonds is 5. The van der Waals surface area contributed by atoms with Crippen LogP contribution in [0.4, 0.5) is 0 Å². The van der Waals surface area contributed by atoms with Gasteiger partial charge in [-0.3, -0.25) is 4.90 Å². The van der Waals surface area contributed by atoms with Crippen LogP contribution in [-0.4, -0.2) is 18.5 Å². The SMILES string of the molecule is Cc1ccc(C(CN)N(C)Cc2ccccc2C)cc1C. The Balaban J connectivity index is 2.20. The highest BCUT2D eigenvalue weighted by molar-refractivity contribution is 5.32. The normalized spacial score (nSPS) is 12.7. The molecule has 0 aliphatic rings. The predicted octanol–water partition coefficient (Wildman–Crippen LogP) is 3.74. The van der Waals surface area contributed by atoms with Gasteiger partial charge in [-0.05, 0) is 55.6 Å². The molecule has 0 radical (unpaired) electrons. The lowest BCUT2D eigenvalue weighted by Crippen LogP contribution is -2.30. The third-order valence-electron chi connectivity index (χ3n) is 4.35. The summed E-state index contributed by atoms with van der Waals surface area (Å²) >= 11 is 0. The van der Waals surface area contributed by atoms with Crippen molar-refractivity contribution in [3.05, 3.63) is 70.3 Å². The quantitative estimate of drug-likeness (QED) is 0.905. The zero-order valence-corrected chi connectivity index (χ0v) is 13.6. The van der Waals surface area contributed by atoms with Gasteiger partial charge in [-0.15, -0.1) is 0 Å². The highest BCUT2D eigenvalue weighted by Crippen LogP contribution is 2.23. The lowest BCUT2D eigenvalue weighted by molar-refractivity contribution is 0.241. The van der Waals surface area contributed by atoms with Crippen LogP contribution < -0.4 is 5.73 Å². The Morgan fingerprint density at radius 3 is 2.29 bits per heavy atom. The Morgan fingerprint density at radius 1 is 0.952 bits per heavy atom. The van der Waals surface area contributed by atoms with E-state index < -0.39 is 0 Å². The Labute approximate surface area is 128 Å². The minimum atomic E-state index is 0.254. The highest BCUT2D eigenvalue weighted by Gasteiger charge is 2.16. The van der Waals surface area contributed by atoms with Crippen LogP contribution in [0.25, 0.3) is 0 Å². The molecule has 2 aromatic rings. The molecule has 0 aromatic heterocycles. The summed E-state index contributed by atoms with van der Waals surface area (Å²) in [6, 6.07) is 15.5. The van der Waals surface area contributed by atoms with Crippen molar-refractivity contribution in [2.24, 2.45) is 5.73 Å². The second-order valence-corrected chi connectivity index (χ2v) is 5.94. The average Bonchev–Trinajstić information content (AvgIpc) is 2.46. The van der Waals surface area contributed by atoms with Gasteiger partial charge in [0.1, 0.15) is 0 Å². The summed E-state index contributed by atoms with van der Waals surface area (Å²) in [6.45, 7) is 8.02. The van der Waals surface area contributed by atoms with Crippen molar-refractivity contribution in [1.29, 1.82) is 0 Å². The molecule has 0 spiro atoms. The van der Waals surface area contributed by atoms with E-state index >= 15 is 0 Å². The molecular weight excluding hydrogens is 256 g/mol. The van der Waals surface area contributed by atoms with E-state index in [1.165, 1.54) is 27.8 Å². The smallest absolute Gasteiger partial charge is 0.0471 e. The second kappa shape index (κ2) is 6.88. The molecule has 1 unspecified atom stereocenters. The molecule has 0 aliphatic heterocycles. The number of nitrogens with two attached hydrogens (primary N) is 1. The van der Waals surface area contributed by atoms with Crippen LogP contribution in [0.5, 0.6) is 0 Å². The van der Waals surface area contributed by atoms with Crippen LogP contribution in [-0.2, 0) is 6.54 Å². The van der Waals surface area contributed by atoms with Crippen molar-refractivity contribution in [3.8, 4) is 0 Å². The number of nitrogens with zero attached hydrogens (tertiary/aromatic N) is 1. The molecule has 0 amide bonds. The Morgan fingerprint density at radius 2 is 1.67 bits per heavy atom. The van der Waals surface area contributed by atoms with Crippen molar-refractivity contribution in [1.82, 2.24) is 4.90 Å². The van der Waals surface area contributed by atoms with Gasteiger partial charge in [0.05, 0.1) is 0 Å². The van der Waals surface area contributed by atoms with Gasteiger partial charge in [0.15, 0.2) is 0 Å². The van der Waals surface area contributed by atoms with Gasteiger partial charge in [-0.2, -0.15) is 0 Å². The van der Waals surface area contributed by atoms with Crippen LogP contribution in [0, 0.1) is 20.8 Å². The molecule has 0 fully saturated rings. The van der Waals surface area contributed by atoms with Gasteiger partial charge in [0, 0.05) is 19.1 Å². The maximum Gasteiger partial charge on any atom is 0.0471 e. The highest BCUT2D eigenvalue weighted by atomic mass is 15.1. The van der Waals surface area contributed by atoms with Crippen LogP contribution in [0.3, 0.4) is 0 Å². The van der Waals surface area contributed by atoms with Gasteiger partial charge in [-0.25, -0.2) is 0 Å². The third-order valence-corrected chi connectivity index (χ3v) is 4.35. The van der Waals surface area contributed by atoms with E-state index in [2.05, 4.69) is 75.2 Å². The zero-order chi connectivity index (χ0) is 15.4. The summed E-state index contributed by atoms with van der Waals surface area (Å²) in [5.41, 5.74) is 12.7. The van der Waals surface area contributed by atoms with Crippen LogP contribution in [0.1, 0.15) is 33.9 Å². The summed E-state index contributed by atoms with van der Waals surface area (Å²) in [5.74, 6) is 0. The maximum absolute atomic E-state index is 6.04. The molecule has 2 heteroatoms. The van der Waals surface area contributed by atoms with E-state index in [4.69, 9.17) is 5.73 Å². The minimum Gasteiger partial charge on any atom is -0.329 e. The van der Waals surface area contributed by atoms with Crippen LogP contribution in [0.15, 0.2) is 42.5 Å². The fraction of sp³-hybridized carbons (Fsp3) is 0.368. The lowest BCUT2D eigenvalue weighted by Gasteiger charge is -2.28. The molecule has 0 saturated carbocycles. The lowest BCUT2D eigenvalue weighted by atomic mass is 9.99. The number of hydrogen-bond acceptors (Lipinski definition) is 2. The van der Waals surface area contributed by atoms with Crippen molar-refractivity contribution in [2.75, 3.05) is 13.6 Å². The molecule has 0 aliphatic carbocycles. The number of likely N-dealkylation sites (N-methyl/N-ethyl adjacent to an activating group) is 1. The van der Waals surface area contributed by atoms with Crippen molar-refractivity contribution in [3.63, 3.8) is 0 Å². The topological polar surface area (TPSA) is 29.3 Å². The molecule has 112 valence electrons. The van der Waals surface area contributed by atoms with E-state index in [0.717, 1.165) is 6.54 Å². The summed E-state index contributed by atoms with van der Waals surface area (Å²) in [5, 5.41) is 0. The molecule has 2 N–H and O–H groups in total. The standard InChI is InChI=1S/C19H26N2/c1-14-9-10-17(11-16(14)3)19(12-20)21(4)13-18-8-6-5-7-15(18)2/h5-11,19H,12-13,20H2,1-4H3. The number of hydrogen-bond donors (Lipinski definition) is 1. The Kier molecular flexibility index (Phi) is 5.16. The number of aryl methyl sites for hydroxylation is 3. The molecule has 2 rings (SSSR count). The molecule has 0 saturated heterocycles. The maximum atomic E-state index is 6.04. The minimum absolute atomic E-state index is 0.254. The van der Waals surface area contributed by atoms with Gasteiger partial charge < -0.3 is 5.73 Å². The van der Waals surface area contributed by atoms with Crippen molar-refractivity contribution < 1.29 is 0 Å². The van der Waals surface area contributed by atoms with Gasteiger partial charge in [0.2, 0.25) is 0 Å². The first-order valence-corrected chi connectivity index (χ1v) is 7.55. The molecule has 1 atom stereocenters. The molecule has 2 nitrogen and oxygen atoms in total. The monoisotopic (exact) mass is 282 g/mol. The fourth-order valence-corrected chi connectivity index (χ4v) is 2.71. The van der Waals surface area contributed by atoms with E-state index in [9.17, 15) is 0 Å². The zero-order valence-electron chi connectivity index (χ0n) is 13.6. The van der Waals surface area contributed by atoms with Gasteiger partial charge in [0.25, 0.3) is 0 Å².